The first kappa shape index (κ1) is 23.1. The molecule has 1 atom stereocenters. The number of rotatable bonds is 3. The van der Waals surface area contributed by atoms with Gasteiger partial charge in [0.1, 0.15) is 5.60 Å². The monoisotopic (exact) mass is 468 g/mol. The van der Waals surface area contributed by atoms with Crippen molar-refractivity contribution < 1.29 is 9.53 Å². The van der Waals surface area contributed by atoms with E-state index < -0.39 is 11.1 Å². The molecule has 174 valence electrons. The Hall–Kier alpha value is -3.06. The Bertz CT molecular complexity index is 1260. The van der Waals surface area contributed by atoms with E-state index in [4.69, 9.17) is 16.3 Å². The molecule has 0 saturated carbocycles. The topological polar surface area (TPSA) is 76.5 Å². The predicted octanol–water partition coefficient (Wildman–Crippen LogP) is 4.84. The summed E-state index contributed by atoms with van der Waals surface area (Å²) in [5.74, 6) is 0. The molecule has 1 amide bonds. The van der Waals surface area contributed by atoms with Crippen LogP contribution in [0.15, 0.2) is 47.5 Å². The number of carbonyl (C=O) groups is 1. The van der Waals surface area contributed by atoms with Gasteiger partial charge in [0.05, 0.1) is 29.3 Å². The lowest BCUT2D eigenvalue weighted by atomic mass is 9.85. The quantitative estimate of drug-likeness (QED) is 0.595. The van der Waals surface area contributed by atoms with Crippen LogP contribution in [0.1, 0.15) is 38.3 Å². The molecule has 1 aliphatic rings. The van der Waals surface area contributed by atoms with E-state index in [9.17, 15) is 9.59 Å². The number of ether oxygens (including phenoxy) is 1. The Labute approximate surface area is 198 Å². The molecule has 7 nitrogen and oxygen atoms in total. The zero-order valence-corrected chi connectivity index (χ0v) is 20.4. The Morgan fingerprint density at radius 1 is 1.24 bits per heavy atom. The maximum Gasteiger partial charge on any atom is 0.410 e. The fourth-order valence-electron chi connectivity index (χ4n) is 4.46. The molecule has 0 radical (unpaired) electrons. The van der Waals surface area contributed by atoms with Crippen LogP contribution in [0.3, 0.4) is 0 Å². The molecule has 0 spiro atoms. The highest BCUT2D eigenvalue weighted by Crippen LogP contribution is 2.41. The summed E-state index contributed by atoms with van der Waals surface area (Å²) in [4.78, 5) is 31.5. The molecule has 0 bridgehead atoms. The highest BCUT2D eigenvalue weighted by molar-refractivity contribution is 6.31. The third kappa shape index (κ3) is 4.55. The summed E-state index contributed by atoms with van der Waals surface area (Å²) in [6, 6.07) is 11.3. The van der Waals surface area contributed by atoms with E-state index in [1.165, 1.54) is 10.9 Å². The molecule has 1 aromatic heterocycles. The lowest BCUT2D eigenvalue weighted by molar-refractivity contribution is 0.0286. The van der Waals surface area contributed by atoms with Crippen molar-refractivity contribution in [2.45, 2.75) is 45.3 Å². The third-order valence-corrected chi connectivity index (χ3v) is 6.24. The van der Waals surface area contributed by atoms with Crippen molar-refractivity contribution in [1.29, 1.82) is 0 Å². The van der Waals surface area contributed by atoms with Crippen LogP contribution in [0.4, 0.5) is 10.5 Å². The van der Waals surface area contributed by atoms with Crippen LogP contribution in [0.25, 0.3) is 10.9 Å². The first-order valence-corrected chi connectivity index (χ1v) is 11.3. The second-order valence-electron chi connectivity index (χ2n) is 9.68. The number of nitrogens with zero attached hydrogens (tertiary/aromatic N) is 3. The first-order chi connectivity index (χ1) is 15.5. The summed E-state index contributed by atoms with van der Waals surface area (Å²) in [5, 5.41) is 4.79. The summed E-state index contributed by atoms with van der Waals surface area (Å²) >= 11 is 6.70. The minimum Gasteiger partial charge on any atom is -0.444 e. The molecular weight excluding hydrogens is 440 g/mol. The van der Waals surface area contributed by atoms with Crippen LogP contribution < -0.4 is 10.9 Å². The number of nitrogens with one attached hydrogen (secondary N) is 1. The number of carbonyl (C=O) groups excluding carboxylic acids is 1. The molecule has 1 saturated heterocycles. The fourth-order valence-corrected chi connectivity index (χ4v) is 4.87. The summed E-state index contributed by atoms with van der Waals surface area (Å²) in [6.45, 7) is 8.48. The van der Waals surface area contributed by atoms with Gasteiger partial charge in [-0.05, 0) is 63.9 Å². The van der Waals surface area contributed by atoms with Crippen LogP contribution in [0.5, 0.6) is 0 Å². The normalized spacial score (nSPS) is 18.5. The van der Waals surface area contributed by atoms with Crippen LogP contribution in [-0.2, 0) is 17.3 Å². The fraction of sp³-hybridized carbons (Fsp3) is 0.400. The van der Waals surface area contributed by atoms with Gasteiger partial charge in [0, 0.05) is 29.9 Å². The number of fused-ring (bicyclic) bond motifs is 1. The molecule has 1 aliphatic heterocycles. The van der Waals surface area contributed by atoms with Gasteiger partial charge in [-0.1, -0.05) is 23.7 Å². The van der Waals surface area contributed by atoms with Gasteiger partial charge in [0.25, 0.3) is 5.56 Å². The number of aryl methyl sites for hydroxylation is 2. The van der Waals surface area contributed by atoms with Gasteiger partial charge in [-0.15, -0.1) is 0 Å². The molecule has 33 heavy (non-hydrogen) atoms. The number of benzene rings is 2. The van der Waals surface area contributed by atoms with Crippen LogP contribution in [-0.4, -0.2) is 39.2 Å². The molecule has 2 aromatic carbocycles. The summed E-state index contributed by atoms with van der Waals surface area (Å²) in [6.07, 6.45) is 1.80. The molecule has 8 heteroatoms. The van der Waals surface area contributed by atoms with E-state index >= 15 is 0 Å². The zero-order chi connectivity index (χ0) is 24.0. The summed E-state index contributed by atoms with van der Waals surface area (Å²) in [5.41, 5.74) is 2.03. The van der Waals surface area contributed by atoms with Crippen molar-refractivity contribution in [2.75, 3.05) is 18.4 Å². The number of aromatic nitrogens is 2. The molecule has 1 fully saturated rings. The van der Waals surface area contributed by atoms with Gasteiger partial charge in [-0.3, -0.25) is 4.79 Å². The van der Waals surface area contributed by atoms with Gasteiger partial charge in [0.2, 0.25) is 0 Å². The Morgan fingerprint density at radius 2 is 2.00 bits per heavy atom. The lowest BCUT2D eigenvalue weighted by Gasteiger charge is -2.34. The molecular formula is C25H29ClN4O3. The van der Waals surface area contributed by atoms with Gasteiger partial charge in [-0.2, -0.15) is 0 Å². The average Bonchev–Trinajstić information content (AvgIpc) is 3.14. The minimum atomic E-state index is -0.638. The molecule has 0 aliphatic carbocycles. The third-order valence-electron chi connectivity index (χ3n) is 5.92. The van der Waals surface area contributed by atoms with Crippen molar-refractivity contribution in [2.24, 2.45) is 7.05 Å². The van der Waals surface area contributed by atoms with Crippen LogP contribution >= 0.6 is 11.6 Å². The number of hydrogen-bond acceptors (Lipinski definition) is 5. The highest BCUT2D eigenvalue weighted by Gasteiger charge is 2.44. The largest absolute Gasteiger partial charge is 0.444 e. The maximum absolute atomic E-state index is 12.8. The molecule has 2 heterocycles. The zero-order valence-electron chi connectivity index (χ0n) is 19.6. The van der Waals surface area contributed by atoms with Crippen molar-refractivity contribution in [3.8, 4) is 0 Å². The first-order valence-electron chi connectivity index (χ1n) is 11.0. The van der Waals surface area contributed by atoms with Crippen LogP contribution in [0.2, 0.25) is 5.02 Å². The molecule has 3 aromatic rings. The maximum atomic E-state index is 12.8. The summed E-state index contributed by atoms with van der Waals surface area (Å²) in [7, 11) is 1.68. The standard InChI is InChI=1S/C25H29ClN4O3/c1-16-7-6-8-19(26)21(16)25(11-12-30(14-25)23(32)33-24(2,3)4)28-17-9-10-20-18(13-17)22(31)29(5)15-27-20/h6-10,13,15,28H,11-12,14H2,1-5H3/t25-/m0/s1. The summed E-state index contributed by atoms with van der Waals surface area (Å²) < 4.78 is 7.08. The van der Waals surface area contributed by atoms with Gasteiger partial charge >= 0.3 is 6.09 Å². The van der Waals surface area contributed by atoms with Gasteiger partial charge in [-0.25, -0.2) is 9.78 Å². The highest BCUT2D eigenvalue weighted by atomic mass is 35.5. The predicted molar refractivity (Wildman–Crippen MR) is 131 cm³/mol. The van der Waals surface area contributed by atoms with Gasteiger partial charge in [0.15, 0.2) is 0 Å². The number of halogens is 1. The van der Waals surface area contributed by atoms with E-state index in [0.29, 0.717) is 35.4 Å². The SMILES string of the molecule is Cc1cccc(Cl)c1[C@]1(Nc2ccc3ncn(C)c(=O)c3c2)CCN(C(=O)OC(C)(C)C)C1. The second kappa shape index (κ2) is 8.37. The van der Waals surface area contributed by atoms with Crippen molar-refractivity contribution in [3.05, 3.63) is 69.2 Å². The Kier molecular flexibility index (Phi) is 5.86. The smallest absolute Gasteiger partial charge is 0.410 e. The van der Waals surface area contributed by atoms with E-state index in [1.807, 2.05) is 64.1 Å². The van der Waals surface area contributed by atoms with Crippen molar-refractivity contribution >= 4 is 34.3 Å². The molecule has 0 unspecified atom stereocenters. The number of anilines is 1. The number of likely N-dealkylation sites (tertiary alicyclic amines) is 1. The van der Waals surface area contributed by atoms with Crippen molar-refractivity contribution in [3.63, 3.8) is 0 Å². The van der Waals surface area contributed by atoms with E-state index in [2.05, 4.69) is 10.3 Å². The van der Waals surface area contributed by atoms with E-state index in [1.54, 1.807) is 11.9 Å². The van der Waals surface area contributed by atoms with Crippen LogP contribution in [0, 0.1) is 6.92 Å². The molecule has 4 rings (SSSR count). The Morgan fingerprint density at radius 3 is 2.70 bits per heavy atom. The number of amides is 1. The minimum absolute atomic E-state index is 0.117. The average molecular weight is 469 g/mol. The van der Waals surface area contributed by atoms with E-state index in [0.717, 1.165) is 16.8 Å². The molecule has 1 N–H and O–H groups in total. The lowest BCUT2D eigenvalue weighted by Crippen LogP contribution is -2.42. The van der Waals surface area contributed by atoms with Gasteiger partial charge < -0.3 is 19.5 Å². The second-order valence-corrected chi connectivity index (χ2v) is 10.1. The number of hydrogen-bond donors (Lipinski definition) is 1. The Balaban J connectivity index is 1.77. The van der Waals surface area contributed by atoms with E-state index in [-0.39, 0.29) is 11.7 Å². The van der Waals surface area contributed by atoms with Crippen molar-refractivity contribution in [1.82, 2.24) is 14.5 Å².